The molecular weight excluding hydrogens is 397 g/mol. The van der Waals surface area contributed by atoms with Crippen LogP contribution in [0.5, 0.6) is 11.5 Å². The average Bonchev–Trinajstić information content (AvgIpc) is 3.15. The molecule has 8 heteroatoms. The zero-order valence-electron chi connectivity index (χ0n) is 15.1. The number of nitrogens with two attached hydrogens (primary N) is 1. The van der Waals surface area contributed by atoms with Gasteiger partial charge in [-0.3, -0.25) is 0 Å². The number of anilines is 2. The number of hydrogen-bond donors (Lipinski definition) is 1. The van der Waals surface area contributed by atoms with E-state index in [1.807, 2.05) is 0 Å². The quantitative estimate of drug-likeness (QED) is 0.645. The highest BCUT2D eigenvalue weighted by molar-refractivity contribution is 6.34. The van der Waals surface area contributed by atoms with Gasteiger partial charge in [-0.2, -0.15) is 0 Å². The standard InChI is InChI=1S/C21H15ClFN3O3/c1-2-12-8-13(23)6-7-14(12)16-4-3-5-20(25-16)26(21(24)27)17-10-19-18(9-15(17)22)28-11-29-19/h2-10H,1,11H2,(H2,24,27). The van der Waals surface area contributed by atoms with Gasteiger partial charge >= 0.3 is 6.03 Å². The second-order valence-electron chi connectivity index (χ2n) is 6.15. The maximum atomic E-state index is 13.6. The number of nitrogens with zero attached hydrogens (tertiary/aromatic N) is 2. The highest BCUT2D eigenvalue weighted by Crippen LogP contribution is 2.42. The van der Waals surface area contributed by atoms with Crippen LogP contribution in [0.25, 0.3) is 17.3 Å². The van der Waals surface area contributed by atoms with Crippen molar-refractivity contribution in [3.05, 3.63) is 71.5 Å². The first-order valence-electron chi connectivity index (χ1n) is 8.56. The normalized spacial score (nSPS) is 11.9. The number of ether oxygens (including phenoxy) is 2. The van der Waals surface area contributed by atoms with E-state index >= 15 is 0 Å². The van der Waals surface area contributed by atoms with E-state index in [-0.39, 0.29) is 23.5 Å². The molecule has 0 bridgehead atoms. The topological polar surface area (TPSA) is 77.7 Å². The smallest absolute Gasteiger partial charge is 0.325 e. The summed E-state index contributed by atoms with van der Waals surface area (Å²) >= 11 is 6.35. The summed E-state index contributed by atoms with van der Waals surface area (Å²) in [6, 6.07) is 11.7. The fourth-order valence-corrected chi connectivity index (χ4v) is 3.30. The number of urea groups is 1. The molecule has 4 rings (SSSR count). The third-order valence-corrected chi connectivity index (χ3v) is 4.68. The number of halogens is 2. The highest BCUT2D eigenvalue weighted by Gasteiger charge is 2.24. The number of carbonyl (C=O) groups excluding carboxylic acids is 1. The Morgan fingerprint density at radius 1 is 1.21 bits per heavy atom. The van der Waals surface area contributed by atoms with Crippen LogP contribution < -0.4 is 20.1 Å². The van der Waals surface area contributed by atoms with Crippen LogP contribution in [0.4, 0.5) is 20.7 Å². The number of hydrogen-bond acceptors (Lipinski definition) is 4. The molecule has 2 N–H and O–H groups in total. The Hall–Kier alpha value is -3.58. The van der Waals surface area contributed by atoms with Crippen molar-refractivity contribution in [1.29, 1.82) is 0 Å². The van der Waals surface area contributed by atoms with Crippen LogP contribution in [0.3, 0.4) is 0 Å². The molecule has 2 aromatic carbocycles. The van der Waals surface area contributed by atoms with Gasteiger partial charge in [0, 0.05) is 17.7 Å². The number of rotatable bonds is 4. The molecule has 146 valence electrons. The summed E-state index contributed by atoms with van der Waals surface area (Å²) < 4.78 is 24.2. The maximum absolute atomic E-state index is 13.6. The van der Waals surface area contributed by atoms with Crippen molar-refractivity contribution in [3.8, 4) is 22.8 Å². The van der Waals surface area contributed by atoms with E-state index in [0.29, 0.717) is 34.0 Å². The van der Waals surface area contributed by atoms with Crippen LogP contribution in [-0.4, -0.2) is 17.8 Å². The van der Waals surface area contributed by atoms with Crippen LogP contribution in [-0.2, 0) is 0 Å². The first kappa shape index (κ1) is 18.8. The molecular formula is C21H15ClFN3O3. The van der Waals surface area contributed by atoms with Crippen LogP contribution in [0.15, 0.2) is 55.1 Å². The zero-order chi connectivity index (χ0) is 20.5. The summed E-state index contributed by atoms with van der Waals surface area (Å²) in [5.74, 6) is 0.784. The van der Waals surface area contributed by atoms with Crippen LogP contribution in [0.1, 0.15) is 5.56 Å². The molecule has 2 heterocycles. The van der Waals surface area contributed by atoms with Crippen molar-refractivity contribution in [3.63, 3.8) is 0 Å². The number of benzene rings is 2. The molecule has 0 atom stereocenters. The van der Waals surface area contributed by atoms with E-state index in [2.05, 4.69) is 11.6 Å². The van der Waals surface area contributed by atoms with Crippen molar-refractivity contribution in [2.45, 2.75) is 0 Å². The minimum Gasteiger partial charge on any atom is -0.454 e. The van der Waals surface area contributed by atoms with Gasteiger partial charge in [-0.15, -0.1) is 0 Å². The van der Waals surface area contributed by atoms with Gasteiger partial charge in [0.2, 0.25) is 6.79 Å². The van der Waals surface area contributed by atoms with Gasteiger partial charge in [-0.05, 0) is 35.9 Å². The molecule has 0 saturated heterocycles. The van der Waals surface area contributed by atoms with Gasteiger partial charge in [0.15, 0.2) is 11.5 Å². The summed E-state index contributed by atoms with van der Waals surface area (Å²) in [6.45, 7) is 3.78. The molecule has 0 radical (unpaired) electrons. The second kappa shape index (κ2) is 7.44. The number of amides is 2. The predicted molar refractivity (Wildman–Crippen MR) is 109 cm³/mol. The minimum atomic E-state index is -0.779. The van der Waals surface area contributed by atoms with Crippen LogP contribution in [0, 0.1) is 5.82 Å². The molecule has 6 nitrogen and oxygen atoms in total. The summed E-state index contributed by atoms with van der Waals surface area (Å²) in [5.41, 5.74) is 7.67. The Labute approximate surface area is 170 Å². The number of fused-ring (bicyclic) bond motifs is 1. The number of primary amides is 1. The molecule has 0 spiro atoms. The Morgan fingerprint density at radius 2 is 1.97 bits per heavy atom. The summed E-state index contributed by atoms with van der Waals surface area (Å²) in [5, 5.41) is 0.244. The van der Waals surface area contributed by atoms with E-state index in [9.17, 15) is 9.18 Å². The Bertz CT molecular complexity index is 1140. The lowest BCUT2D eigenvalue weighted by atomic mass is 10.0. The molecule has 1 aromatic heterocycles. The molecule has 0 unspecified atom stereocenters. The molecule has 0 saturated carbocycles. The molecule has 3 aromatic rings. The van der Waals surface area contributed by atoms with Crippen molar-refractivity contribution < 1.29 is 18.7 Å². The van der Waals surface area contributed by atoms with Crippen molar-refractivity contribution >= 4 is 35.2 Å². The van der Waals surface area contributed by atoms with E-state index in [0.717, 1.165) is 0 Å². The molecule has 1 aliphatic heterocycles. The van der Waals surface area contributed by atoms with E-state index < -0.39 is 6.03 Å². The lowest BCUT2D eigenvalue weighted by Gasteiger charge is -2.22. The van der Waals surface area contributed by atoms with E-state index in [1.165, 1.54) is 23.1 Å². The Balaban J connectivity index is 1.82. The Morgan fingerprint density at radius 3 is 2.69 bits per heavy atom. The van der Waals surface area contributed by atoms with Gasteiger partial charge in [0.25, 0.3) is 0 Å². The van der Waals surface area contributed by atoms with Crippen molar-refractivity contribution in [2.24, 2.45) is 5.73 Å². The van der Waals surface area contributed by atoms with Gasteiger partial charge in [-0.1, -0.05) is 30.3 Å². The number of carbonyl (C=O) groups is 1. The highest BCUT2D eigenvalue weighted by atomic mass is 35.5. The maximum Gasteiger partial charge on any atom is 0.325 e. The van der Waals surface area contributed by atoms with E-state index in [4.69, 9.17) is 26.8 Å². The molecule has 0 fully saturated rings. The van der Waals surface area contributed by atoms with Gasteiger partial charge in [0.1, 0.15) is 11.6 Å². The summed E-state index contributed by atoms with van der Waals surface area (Å²) in [4.78, 5) is 18.0. The zero-order valence-corrected chi connectivity index (χ0v) is 15.8. The third-order valence-electron chi connectivity index (χ3n) is 4.38. The minimum absolute atomic E-state index is 0.0638. The summed E-state index contributed by atoms with van der Waals surface area (Å²) in [7, 11) is 0. The predicted octanol–water partition coefficient (Wildman–Crippen LogP) is 5.13. The fourth-order valence-electron chi connectivity index (χ4n) is 3.07. The molecule has 2 amide bonds. The monoisotopic (exact) mass is 411 g/mol. The first-order chi connectivity index (χ1) is 14.0. The van der Waals surface area contributed by atoms with E-state index in [1.54, 1.807) is 36.4 Å². The third kappa shape index (κ3) is 3.48. The molecule has 1 aliphatic rings. The van der Waals surface area contributed by atoms with Gasteiger partial charge in [0.05, 0.1) is 16.4 Å². The van der Waals surface area contributed by atoms with Gasteiger partial charge < -0.3 is 15.2 Å². The second-order valence-corrected chi connectivity index (χ2v) is 6.55. The fraction of sp³-hybridized carbons (Fsp3) is 0.0476. The van der Waals surface area contributed by atoms with Crippen molar-refractivity contribution in [1.82, 2.24) is 4.98 Å². The lowest BCUT2D eigenvalue weighted by Crippen LogP contribution is -2.32. The van der Waals surface area contributed by atoms with Crippen molar-refractivity contribution in [2.75, 3.05) is 11.7 Å². The largest absolute Gasteiger partial charge is 0.454 e. The van der Waals surface area contributed by atoms with Crippen LogP contribution >= 0.6 is 11.6 Å². The van der Waals surface area contributed by atoms with Crippen LogP contribution in [0.2, 0.25) is 5.02 Å². The molecule has 0 aliphatic carbocycles. The first-order valence-corrected chi connectivity index (χ1v) is 8.94. The molecule has 29 heavy (non-hydrogen) atoms. The Kier molecular flexibility index (Phi) is 4.82. The SMILES string of the molecule is C=Cc1cc(F)ccc1-c1cccc(N(C(N)=O)c2cc3c(cc2Cl)OCO3)n1. The number of pyridine rings is 1. The summed E-state index contributed by atoms with van der Waals surface area (Å²) in [6.07, 6.45) is 1.54. The lowest BCUT2D eigenvalue weighted by molar-refractivity contribution is 0.174. The van der Waals surface area contributed by atoms with Gasteiger partial charge in [-0.25, -0.2) is 19.1 Å². The number of aromatic nitrogens is 1. The average molecular weight is 412 g/mol.